The molecule has 0 amide bonds. The van der Waals surface area contributed by atoms with Crippen LogP contribution in [0.1, 0.15) is 11.3 Å². The maximum absolute atomic E-state index is 12.0. The highest BCUT2D eigenvalue weighted by Gasteiger charge is 2.13. The van der Waals surface area contributed by atoms with Crippen molar-refractivity contribution in [2.24, 2.45) is 7.05 Å². The first-order valence-electron chi connectivity index (χ1n) is 5.69. The number of hydrogen-bond donors (Lipinski definition) is 2. The fraction of sp³-hybridized carbons (Fsp3) is 0.250. The van der Waals surface area contributed by atoms with Gasteiger partial charge in [-0.2, -0.15) is 5.10 Å². The van der Waals surface area contributed by atoms with Gasteiger partial charge in [0.25, 0.3) is 0 Å². The number of aliphatic hydroxyl groups is 1. The van der Waals surface area contributed by atoms with Gasteiger partial charge in [0.15, 0.2) is 0 Å². The smallest absolute Gasteiger partial charge is 0.240 e. The molecule has 7 heteroatoms. The van der Waals surface area contributed by atoms with Crippen LogP contribution in [-0.2, 0) is 30.2 Å². The van der Waals surface area contributed by atoms with Crippen LogP contribution in [-0.4, -0.2) is 23.3 Å². The van der Waals surface area contributed by atoms with Crippen LogP contribution in [0.5, 0.6) is 0 Å². The van der Waals surface area contributed by atoms with Gasteiger partial charge in [-0.1, -0.05) is 12.1 Å². The minimum Gasteiger partial charge on any atom is -0.392 e. The third-order valence-corrected chi connectivity index (χ3v) is 4.05. The Morgan fingerprint density at radius 3 is 2.47 bits per heavy atom. The topological polar surface area (TPSA) is 84.2 Å². The summed E-state index contributed by atoms with van der Waals surface area (Å²) in [5.74, 6) is 0. The van der Waals surface area contributed by atoms with Gasteiger partial charge in [-0.15, -0.1) is 0 Å². The molecular formula is C12H15N3O3S. The molecule has 0 aliphatic carbocycles. The van der Waals surface area contributed by atoms with E-state index < -0.39 is 10.0 Å². The zero-order valence-corrected chi connectivity index (χ0v) is 11.3. The fourth-order valence-corrected chi connectivity index (χ4v) is 2.58. The molecule has 2 rings (SSSR count). The standard InChI is InChI=1S/C12H15N3O3S/c1-15-7-6-11(14-15)8-13-19(17,18)12-4-2-10(9-16)3-5-12/h2-7,13,16H,8-9H2,1H3. The molecule has 2 aromatic rings. The molecule has 102 valence electrons. The predicted molar refractivity (Wildman–Crippen MR) is 69.6 cm³/mol. The molecule has 2 N–H and O–H groups in total. The highest BCUT2D eigenvalue weighted by Crippen LogP contribution is 2.11. The first-order chi connectivity index (χ1) is 9.01. The lowest BCUT2D eigenvalue weighted by Crippen LogP contribution is -2.23. The number of rotatable bonds is 5. The number of sulfonamides is 1. The second kappa shape index (κ2) is 5.52. The molecule has 0 spiro atoms. The van der Waals surface area contributed by atoms with Gasteiger partial charge in [0.1, 0.15) is 0 Å². The summed E-state index contributed by atoms with van der Waals surface area (Å²) in [7, 11) is -1.79. The number of hydrogen-bond acceptors (Lipinski definition) is 4. The molecule has 0 saturated heterocycles. The monoisotopic (exact) mass is 281 g/mol. The molecule has 0 saturated carbocycles. The quantitative estimate of drug-likeness (QED) is 0.830. The van der Waals surface area contributed by atoms with Gasteiger partial charge < -0.3 is 5.11 Å². The molecule has 19 heavy (non-hydrogen) atoms. The summed E-state index contributed by atoms with van der Waals surface area (Å²) in [4.78, 5) is 0.167. The normalized spacial score (nSPS) is 11.7. The Morgan fingerprint density at radius 1 is 1.26 bits per heavy atom. The van der Waals surface area contributed by atoms with Crippen molar-refractivity contribution in [1.82, 2.24) is 14.5 Å². The van der Waals surface area contributed by atoms with Crippen LogP contribution in [0.25, 0.3) is 0 Å². The molecule has 1 aromatic heterocycles. The number of aryl methyl sites for hydroxylation is 1. The van der Waals surface area contributed by atoms with E-state index in [2.05, 4.69) is 9.82 Å². The lowest BCUT2D eigenvalue weighted by atomic mass is 10.2. The van der Waals surface area contributed by atoms with Gasteiger partial charge >= 0.3 is 0 Å². The highest BCUT2D eigenvalue weighted by molar-refractivity contribution is 7.89. The highest BCUT2D eigenvalue weighted by atomic mass is 32.2. The van der Waals surface area contributed by atoms with Gasteiger partial charge in [0.05, 0.1) is 23.7 Å². The van der Waals surface area contributed by atoms with Crippen molar-refractivity contribution < 1.29 is 13.5 Å². The average Bonchev–Trinajstić information content (AvgIpc) is 2.82. The van der Waals surface area contributed by atoms with Crippen molar-refractivity contribution in [3.8, 4) is 0 Å². The predicted octanol–water partition coefficient (Wildman–Crippen LogP) is 0.391. The van der Waals surface area contributed by atoms with E-state index in [9.17, 15) is 8.42 Å². The van der Waals surface area contributed by atoms with E-state index in [1.54, 1.807) is 36.1 Å². The summed E-state index contributed by atoms with van der Waals surface area (Å²) < 4.78 is 28.1. The van der Waals surface area contributed by atoms with Gasteiger partial charge in [-0.3, -0.25) is 4.68 Å². The molecule has 6 nitrogen and oxygen atoms in total. The van der Waals surface area contributed by atoms with E-state index in [4.69, 9.17) is 5.11 Å². The lowest BCUT2D eigenvalue weighted by molar-refractivity contribution is 0.282. The van der Waals surface area contributed by atoms with E-state index in [-0.39, 0.29) is 18.0 Å². The number of nitrogens with zero attached hydrogens (tertiary/aromatic N) is 2. The molecule has 0 bridgehead atoms. The Balaban J connectivity index is 2.09. The van der Waals surface area contributed by atoms with E-state index in [0.29, 0.717) is 11.3 Å². The second-order valence-electron chi connectivity index (χ2n) is 4.11. The van der Waals surface area contributed by atoms with Crippen LogP contribution in [0.15, 0.2) is 41.4 Å². The summed E-state index contributed by atoms with van der Waals surface area (Å²) in [6.45, 7) is 0.0343. The molecular weight excluding hydrogens is 266 g/mol. The van der Waals surface area contributed by atoms with Crippen molar-refractivity contribution in [2.75, 3.05) is 0 Å². The summed E-state index contributed by atoms with van der Waals surface area (Å²) in [5.41, 5.74) is 1.32. The molecule has 0 aliphatic heterocycles. The number of aromatic nitrogens is 2. The van der Waals surface area contributed by atoms with Crippen LogP contribution >= 0.6 is 0 Å². The summed E-state index contributed by atoms with van der Waals surface area (Å²) in [5, 5.41) is 13.0. The van der Waals surface area contributed by atoms with Crippen LogP contribution in [0.2, 0.25) is 0 Å². The first kappa shape index (κ1) is 13.7. The van der Waals surface area contributed by atoms with Crippen molar-refractivity contribution >= 4 is 10.0 Å². The van der Waals surface area contributed by atoms with E-state index in [1.807, 2.05) is 0 Å². The summed E-state index contributed by atoms with van der Waals surface area (Å²) in [6, 6.07) is 7.83. The zero-order valence-electron chi connectivity index (χ0n) is 10.4. The Kier molecular flexibility index (Phi) is 3.98. The second-order valence-corrected chi connectivity index (χ2v) is 5.87. The van der Waals surface area contributed by atoms with Gasteiger partial charge in [0.2, 0.25) is 10.0 Å². The molecule has 1 heterocycles. The van der Waals surface area contributed by atoms with E-state index in [1.165, 1.54) is 12.1 Å². The van der Waals surface area contributed by atoms with Gasteiger partial charge in [-0.05, 0) is 23.8 Å². The van der Waals surface area contributed by atoms with Crippen molar-refractivity contribution in [2.45, 2.75) is 18.0 Å². The molecule has 0 atom stereocenters. The Morgan fingerprint density at radius 2 is 1.95 bits per heavy atom. The lowest BCUT2D eigenvalue weighted by Gasteiger charge is -2.06. The Bertz CT molecular complexity index is 647. The van der Waals surface area contributed by atoms with Crippen LogP contribution in [0, 0.1) is 0 Å². The molecule has 0 aliphatic rings. The van der Waals surface area contributed by atoms with E-state index in [0.717, 1.165) is 0 Å². The van der Waals surface area contributed by atoms with Crippen LogP contribution in [0.4, 0.5) is 0 Å². The van der Waals surface area contributed by atoms with Crippen molar-refractivity contribution in [1.29, 1.82) is 0 Å². The molecule has 0 fully saturated rings. The molecule has 1 aromatic carbocycles. The Hall–Kier alpha value is -1.70. The zero-order chi connectivity index (χ0) is 13.9. The number of aliphatic hydroxyl groups excluding tert-OH is 1. The summed E-state index contributed by atoms with van der Waals surface area (Å²) in [6.07, 6.45) is 1.75. The van der Waals surface area contributed by atoms with Gasteiger partial charge in [0, 0.05) is 13.2 Å². The fourth-order valence-electron chi connectivity index (χ4n) is 1.58. The third-order valence-electron chi connectivity index (χ3n) is 2.63. The Labute approximate surface area is 111 Å². The largest absolute Gasteiger partial charge is 0.392 e. The van der Waals surface area contributed by atoms with Gasteiger partial charge in [-0.25, -0.2) is 13.1 Å². The maximum Gasteiger partial charge on any atom is 0.240 e. The van der Waals surface area contributed by atoms with Crippen LogP contribution < -0.4 is 4.72 Å². The third kappa shape index (κ3) is 3.40. The molecule has 0 unspecified atom stereocenters. The maximum atomic E-state index is 12.0. The first-order valence-corrected chi connectivity index (χ1v) is 7.17. The van der Waals surface area contributed by atoms with Crippen molar-refractivity contribution in [3.05, 3.63) is 47.8 Å². The average molecular weight is 281 g/mol. The molecule has 0 radical (unpaired) electrons. The number of benzene rings is 1. The minimum atomic E-state index is -3.56. The SMILES string of the molecule is Cn1ccc(CNS(=O)(=O)c2ccc(CO)cc2)n1. The van der Waals surface area contributed by atoms with Crippen LogP contribution in [0.3, 0.4) is 0 Å². The summed E-state index contributed by atoms with van der Waals surface area (Å²) >= 11 is 0. The van der Waals surface area contributed by atoms with Crippen molar-refractivity contribution in [3.63, 3.8) is 0 Å². The number of nitrogens with one attached hydrogen (secondary N) is 1. The minimum absolute atomic E-state index is 0.109. The van der Waals surface area contributed by atoms with E-state index >= 15 is 0 Å².